The minimum Gasteiger partial charge on any atom is -0.326 e. The molecule has 3 nitrogen and oxygen atoms in total. The first-order valence-electron chi connectivity index (χ1n) is 7.02. The van der Waals surface area contributed by atoms with Gasteiger partial charge in [-0.25, -0.2) is 0 Å². The normalized spacial score (nSPS) is 21.4. The molecule has 1 saturated heterocycles. The van der Waals surface area contributed by atoms with Gasteiger partial charge in [0.25, 0.3) is 0 Å². The Bertz CT molecular complexity index is 450. The summed E-state index contributed by atoms with van der Waals surface area (Å²) in [5.41, 5.74) is 2.33. The molecule has 1 aromatic rings. The van der Waals surface area contributed by atoms with Crippen molar-refractivity contribution >= 4 is 0 Å². The van der Waals surface area contributed by atoms with E-state index in [1.54, 1.807) is 6.07 Å². The molecule has 0 aliphatic carbocycles. The van der Waals surface area contributed by atoms with Gasteiger partial charge in [0.2, 0.25) is 5.56 Å². The number of nitrogens with zero attached hydrogens (tertiary/aromatic N) is 1. The maximum Gasteiger partial charge on any atom is 0.248 e. The molecule has 0 unspecified atom stereocenters. The molecule has 1 aromatic heterocycles. The van der Waals surface area contributed by atoms with Crippen LogP contribution in [0.5, 0.6) is 0 Å². The van der Waals surface area contributed by atoms with E-state index in [4.69, 9.17) is 0 Å². The van der Waals surface area contributed by atoms with Gasteiger partial charge in [-0.2, -0.15) is 0 Å². The molecule has 100 valence electrons. The fourth-order valence-corrected chi connectivity index (χ4v) is 2.98. The van der Waals surface area contributed by atoms with Gasteiger partial charge in [-0.05, 0) is 37.8 Å². The monoisotopic (exact) mass is 248 g/mol. The second kappa shape index (κ2) is 5.70. The Hall–Kier alpha value is -1.09. The molecule has 0 bridgehead atoms. The number of piperidine rings is 1. The van der Waals surface area contributed by atoms with Gasteiger partial charge < -0.3 is 4.98 Å². The van der Waals surface area contributed by atoms with Crippen LogP contribution in [0.2, 0.25) is 0 Å². The number of nitrogens with one attached hydrogen (secondary N) is 1. The molecule has 1 fully saturated rings. The summed E-state index contributed by atoms with van der Waals surface area (Å²) in [6.07, 6.45) is 3.79. The van der Waals surface area contributed by atoms with E-state index >= 15 is 0 Å². The van der Waals surface area contributed by atoms with E-state index in [1.807, 2.05) is 13.0 Å². The molecule has 0 radical (unpaired) electrons. The van der Waals surface area contributed by atoms with E-state index in [0.717, 1.165) is 12.2 Å². The van der Waals surface area contributed by atoms with Crippen molar-refractivity contribution < 1.29 is 0 Å². The average Bonchev–Trinajstić information content (AvgIpc) is 2.30. The van der Waals surface area contributed by atoms with Crippen molar-refractivity contribution in [2.75, 3.05) is 13.1 Å². The van der Waals surface area contributed by atoms with Crippen molar-refractivity contribution in [1.82, 2.24) is 9.88 Å². The molecule has 2 rings (SSSR count). The zero-order valence-corrected chi connectivity index (χ0v) is 11.7. The second-order valence-corrected chi connectivity index (χ2v) is 5.80. The van der Waals surface area contributed by atoms with E-state index in [1.165, 1.54) is 31.4 Å². The molecule has 0 aromatic carbocycles. The Balaban J connectivity index is 2.24. The molecular formula is C15H24N2O. The van der Waals surface area contributed by atoms with Crippen molar-refractivity contribution in [2.24, 2.45) is 5.92 Å². The lowest BCUT2D eigenvalue weighted by Crippen LogP contribution is -2.36. The second-order valence-electron chi connectivity index (χ2n) is 5.80. The zero-order valence-electron chi connectivity index (χ0n) is 11.7. The van der Waals surface area contributed by atoms with E-state index in [0.29, 0.717) is 12.0 Å². The van der Waals surface area contributed by atoms with Crippen LogP contribution in [0.4, 0.5) is 0 Å². The number of aryl methyl sites for hydroxylation is 1. The largest absolute Gasteiger partial charge is 0.326 e. The van der Waals surface area contributed by atoms with Crippen molar-refractivity contribution in [3.63, 3.8) is 0 Å². The van der Waals surface area contributed by atoms with Gasteiger partial charge in [0.1, 0.15) is 0 Å². The smallest absolute Gasteiger partial charge is 0.248 e. The number of H-pyrrole nitrogens is 1. The highest BCUT2D eigenvalue weighted by Crippen LogP contribution is 2.32. The van der Waals surface area contributed by atoms with Crippen LogP contribution in [0.25, 0.3) is 0 Å². The number of likely N-dealkylation sites (tertiary alicyclic amines) is 1. The van der Waals surface area contributed by atoms with Crippen LogP contribution in [0.15, 0.2) is 16.9 Å². The van der Waals surface area contributed by atoms with Crippen molar-refractivity contribution in [3.8, 4) is 0 Å². The quantitative estimate of drug-likeness (QED) is 0.893. The summed E-state index contributed by atoms with van der Waals surface area (Å²) in [7, 11) is 0. The summed E-state index contributed by atoms with van der Waals surface area (Å²) in [4.78, 5) is 16.8. The number of aromatic nitrogens is 1. The van der Waals surface area contributed by atoms with Crippen LogP contribution in [0, 0.1) is 12.8 Å². The molecule has 0 spiro atoms. The molecule has 1 aliphatic rings. The lowest BCUT2D eigenvalue weighted by molar-refractivity contribution is 0.131. The molecule has 3 heteroatoms. The molecule has 0 saturated carbocycles. The summed E-state index contributed by atoms with van der Waals surface area (Å²) in [5.74, 6) is 0.689. The summed E-state index contributed by atoms with van der Waals surface area (Å²) >= 11 is 0. The minimum atomic E-state index is 0.00229. The van der Waals surface area contributed by atoms with Crippen molar-refractivity contribution in [3.05, 3.63) is 33.7 Å². The maximum absolute atomic E-state index is 11.3. The first-order chi connectivity index (χ1) is 8.58. The lowest BCUT2D eigenvalue weighted by Gasteiger charge is -2.37. The highest BCUT2D eigenvalue weighted by Gasteiger charge is 2.25. The number of hydrogen-bond acceptors (Lipinski definition) is 2. The predicted molar refractivity (Wildman–Crippen MR) is 74.8 cm³/mol. The SMILES string of the molecule is Cc1[nH]c(=O)ccc1[C@@H]1CCCCN1CC(C)C. The van der Waals surface area contributed by atoms with Crippen LogP contribution < -0.4 is 5.56 Å². The van der Waals surface area contributed by atoms with Crippen molar-refractivity contribution in [1.29, 1.82) is 0 Å². The molecule has 0 amide bonds. The Morgan fingerprint density at radius 1 is 1.39 bits per heavy atom. The summed E-state index contributed by atoms with van der Waals surface area (Å²) < 4.78 is 0. The van der Waals surface area contributed by atoms with Gasteiger partial charge in [0.15, 0.2) is 0 Å². The van der Waals surface area contributed by atoms with E-state index in [9.17, 15) is 4.79 Å². The van der Waals surface area contributed by atoms with Gasteiger partial charge in [-0.3, -0.25) is 9.69 Å². The van der Waals surface area contributed by atoms with E-state index < -0.39 is 0 Å². The Morgan fingerprint density at radius 3 is 2.83 bits per heavy atom. The highest BCUT2D eigenvalue weighted by atomic mass is 16.1. The van der Waals surface area contributed by atoms with Gasteiger partial charge in [-0.1, -0.05) is 26.3 Å². The van der Waals surface area contributed by atoms with E-state index in [-0.39, 0.29) is 5.56 Å². The van der Waals surface area contributed by atoms with Crippen LogP contribution in [-0.4, -0.2) is 23.0 Å². The third-order valence-corrected chi connectivity index (χ3v) is 3.73. The Morgan fingerprint density at radius 2 is 2.17 bits per heavy atom. The van der Waals surface area contributed by atoms with Crippen LogP contribution in [0.1, 0.15) is 50.4 Å². The van der Waals surface area contributed by atoms with Gasteiger partial charge in [0.05, 0.1) is 0 Å². The lowest BCUT2D eigenvalue weighted by atomic mass is 9.93. The fraction of sp³-hybridized carbons (Fsp3) is 0.667. The van der Waals surface area contributed by atoms with Crippen LogP contribution in [-0.2, 0) is 0 Å². The topological polar surface area (TPSA) is 36.1 Å². The first-order valence-corrected chi connectivity index (χ1v) is 7.02. The van der Waals surface area contributed by atoms with Gasteiger partial charge >= 0.3 is 0 Å². The molecular weight excluding hydrogens is 224 g/mol. The van der Waals surface area contributed by atoms with Crippen LogP contribution in [0.3, 0.4) is 0 Å². The average molecular weight is 248 g/mol. The molecule has 2 heterocycles. The molecule has 1 aliphatic heterocycles. The Kier molecular flexibility index (Phi) is 4.23. The number of aromatic amines is 1. The fourth-order valence-electron chi connectivity index (χ4n) is 2.98. The van der Waals surface area contributed by atoms with Crippen molar-refractivity contribution in [2.45, 2.75) is 46.1 Å². The highest BCUT2D eigenvalue weighted by molar-refractivity contribution is 5.23. The van der Waals surface area contributed by atoms with E-state index in [2.05, 4.69) is 23.7 Å². The third kappa shape index (κ3) is 3.02. The summed E-state index contributed by atoms with van der Waals surface area (Å²) in [6, 6.07) is 4.15. The molecule has 1 atom stereocenters. The van der Waals surface area contributed by atoms with Gasteiger partial charge in [0, 0.05) is 24.3 Å². The van der Waals surface area contributed by atoms with Crippen LogP contribution >= 0.6 is 0 Å². The minimum absolute atomic E-state index is 0.00229. The zero-order chi connectivity index (χ0) is 13.1. The predicted octanol–water partition coefficient (Wildman–Crippen LogP) is 2.87. The molecule has 18 heavy (non-hydrogen) atoms. The maximum atomic E-state index is 11.3. The standard InChI is InChI=1S/C15H24N2O/c1-11(2)10-17-9-5-4-6-14(17)13-7-8-15(18)16-12(13)3/h7-8,11,14H,4-6,9-10H2,1-3H3,(H,16,18)/t14-/m0/s1. The Labute approximate surface area is 109 Å². The van der Waals surface area contributed by atoms with Gasteiger partial charge in [-0.15, -0.1) is 0 Å². The number of rotatable bonds is 3. The number of pyridine rings is 1. The molecule has 1 N–H and O–H groups in total. The third-order valence-electron chi connectivity index (χ3n) is 3.73. The first kappa shape index (κ1) is 13.3. The summed E-state index contributed by atoms with van der Waals surface area (Å²) in [6.45, 7) is 8.88. The number of hydrogen-bond donors (Lipinski definition) is 1. The summed E-state index contributed by atoms with van der Waals surface area (Å²) in [5, 5.41) is 0.